The van der Waals surface area contributed by atoms with Gasteiger partial charge in [0.25, 0.3) is 0 Å². The third kappa shape index (κ3) is 4.40. The van der Waals surface area contributed by atoms with Gasteiger partial charge < -0.3 is 10.0 Å². The van der Waals surface area contributed by atoms with Crippen LogP contribution in [0.25, 0.3) is 0 Å². The fraction of sp³-hybridized carbons (Fsp3) is 0.500. The van der Waals surface area contributed by atoms with Crippen molar-refractivity contribution in [2.45, 2.75) is 19.2 Å². The maximum atomic E-state index is 12.0. The molecule has 0 amide bonds. The van der Waals surface area contributed by atoms with Gasteiger partial charge in [-0.05, 0) is 11.6 Å². The molecule has 3 nitrogen and oxygen atoms in total. The molecule has 0 radical (unpaired) electrons. The van der Waals surface area contributed by atoms with Crippen LogP contribution in [0.1, 0.15) is 12.0 Å². The van der Waals surface area contributed by atoms with E-state index < -0.39 is 12.6 Å². The summed E-state index contributed by atoms with van der Waals surface area (Å²) in [5.41, 5.74) is 0.517. The van der Waals surface area contributed by atoms with Crippen LogP contribution < -0.4 is 4.90 Å². The average molecular weight is 269 g/mol. The molecule has 0 aliphatic rings. The number of aliphatic hydroxyl groups is 1. The first-order chi connectivity index (χ1) is 7.83. The average Bonchev–Trinajstić information content (AvgIpc) is 2.24. The molecule has 17 heavy (non-hydrogen) atoms. The molecule has 0 saturated carbocycles. The van der Waals surface area contributed by atoms with E-state index in [4.69, 9.17) is 16.7 Å². The Hall–Kier alpha value is -1.01. The van der Waals surface area contributed by atoms with Crippen molar-refractivity contribution < 1.29 is 18.3 Å². The van der Waals surface area contributed by atoms with Crippen LogP contribution in [0.15, 0.2) is 12.3 Å². The Morgan fingerprint density at radius 3 is 2.59 bits per heavy atom. The van der Waals surface area contributed by atoms with Gasteiger partial charge in [-0.3, -0.25) is 0 Å². The van der Waals surface area contributed by atoms with Crippen molar-refractivity contribution >= 4 is 17.4 Å². The van der Waals surface area contributed by atoms with Gasteiger partial charge in [-0.1, -0.05) is 11.6 Å². The molecule has 1 rings (SSSR count). The molecule has 1 N–H and O–H groups in total. The summed E-state index contributed by atoms with van der Waals surface area (Å²) in [5, 5.41) is 9.06. The number of halogens is 4. The lowest BCUT2D eigenvalue weighted by atomic mass is 10.3. The molecule has 1 aromatic rings. The molecule has 0 atom stereocenters. The first-order valence-electron chi connectivity index (χ1n) is 4.86. The lowest BCUT2D eigenvalue weighted by Crippen LogP contribution is -2.25. The van der Waals surface area contributed by atoms with Gasteiger partial charge in [-0.15, -0.1) is 0 Å². The standard InChI is InChI=1S/C10H12ClF3N2O/c1-16(3-2-10(12,13)14)9-8(11)4-7(6-17)5-15-9/h4-5,17H,2-3,6H2,1H3. The highest BCUT2D eigenvalue weighted by atomic mass is 35.5. The molecule has 0 aromatic carbocycles. The van der Waals surface area contributed by atoms with Crippen molar-refractivity contribution in [3.05, 3.63) is 22.8 Å². The number of anilines is 1. The summed E-state index contributed by atoms with van der Waals surface area (Å²) in [7, 11) is 1.48. The van der Waals surface area contributed by atoms with E-state index in [1.54, 1.807) is 0 Å². The van der Waals surface area contributed by atoms with Crippen LogP contribution in [-0.2, 0) is 6.61 Å². The van der Waals surface area contributed by atoms with Gasteiger partial charge in [0, 0.05) is 19.8 Å². The Kier molecular flexibility index (Phi) is 4.59. The Morgan fingerprint density at radius 1 is 1.47 bits per heavy atom. The van der Waals surface area contributed by atoms with Crippen molar-refractivity contribution in [2.75, 3.05) is 18.5 Å². The van der Waals surface area contributed by atoms with Crippen LogP contribution in [0.5, 0.6) is 0 Å². The minimum absolute atomic E-state index is 0.209. The van der Waals surface area contributed by atoms with E-state index in [2.05, 4.69) is 4.98 Å². The Bertz CT molecular complexity index is 384. The lowest BCUT2D eigenvalue weighted by Gasteiger charge is -2.20. The number of hydrogen-bond acceptors (Lipinski definition) is 3. The largest absolute Gasteiger partial charge is 0.392 e. The highest BCUT2D eigenvalue weighted by Gasteiger charge is 2.27. The van der Waals surface area contributed by atoms with Gasteiger partial charge in [0.15, 0.2) is 0 Å². The number of aliphatic hydroxyl groups excluding tert-OH is 1. The number of hydrogen-bond donors (Lipinski definition) is 1. The van der Waals surface area contributed by atoms with Crippen LogP contribution in [-0.4, -0.2) is 29.9 Å². The fourth-order valence-electron chi connectivity index (χ4n) is 1.24. The molecule has 0 aliphatic carbocycles. The van der Waals surface area contributed by atoms with E-state index >= 15 is 0 Å². The third-order valence-electron chi connectivity index (χ3n) is 2.15. The molecular weight excluding hydrogens is 257 g/mol. The third-order valence-corrected chi connectivity index (χ3v) is 2.43. The summed E-state index contributed by atoms with van der Waals surface area (Å²) in [6, 6.07) is 1.48. The topological polar surface area (TPSA) is 36.4 Å². The Balaban J connectivity index is 2.72. The van der Waals surface area contributed by atoms with Gasteiger partial charge in [0.2, 0.25) is 0 Å². The predicted octanol–water partition coefficient (Wildman–Crippen LogP) is 2.62. The number of alkyl halides is 3. The highest BCUT2D eigenvalue weighted by molar-refractivity contribution is 6.33. The van der Waals surface area contributed by atoms with Crippen LogP contribution in [0.2, 0.25) is 5.02 Å². The molecule has 1 aromatic heterocycles. The predicted molar refractivity (Wildman–Crippen MR) is 59.1 cm³/mol. The summed E-state index contributed by atoms with van der Waals surface area (Å²) in [6.07, 6.45) is -3.75. The first-order valence-corrected chi connectivity index (χ1v) is 5.24. The van der Waals surface area contributed by atoms with Crippen LogP contribution in [0.4, 0.5) is 19.0 Å². The van der Waals surface area contributed by atoms with Crippen molar-refractivity contribution in [2.24, 2.45) is 0 Å². The second-order valence-electron chi connectivity index (χ2n) is 3.59. The second-order valence-corrected chi connectivity index (χ2v) is 4.00. The molecule has 0 spiro atoms. The molecule has 1 heterocycles. The molecule has 0 saturated heterocycles. The smallest absolute Gasteiger partial charge is 0.390 e. The zero-order valence-corrected chi connectivity index (χ0v) is 9.89. The zero-order chi connectivity index (χ0) is 13.1. The number of pyridine rings is 1. The van der Waals surface area contributed by atoms with E-state index in [0.717, 1.165) is 0 Å². The molecule has 0 fully saturated rings. The van der Waals surface area contributed by atoms with Crippen molar-refractivity contribution in [3.8, 4) is 0 Å². The SMILES string of the molecule is CN(CCC(F)(F)F)c1ncc(CO)cc1Cl. The van der Waals surface area contributed by atoms with Gasteiger partial charge in [-0.25, -0.2) is 4.98 Å². The van der Waals surface area contributed by atoms with Crippen LogP contribution in [0.3, 0.4) is 0 Å². The molecule has 0 bridgehead atoms. The summed E-state index contributed by atoms with van der Waals surface area (Å²) < 4.78 is 36.1. The maximum absolute atomic E-state index is 12.0. The summed E-state index contributed by atoms with van der Waals surface area (Å²) >= 11 is 5.86. The van der Waals surface area contributed by atoms with E-state index in [0.29, 0.717) is 5.56 Å². The molecule has 96 valence electrons. The second kappa shape index (κ2) is 5.55. The normalized spacial score (nSPS) is 11.6. The monoisotopic (exact) mass is 268 g/mol. The molecule has 7 heteroatoms. The fourth-order valence-corrected chi connectivity index (χ4v) is 1.57. The molecular formula is C10H12ClF3N2O. The first kappa shape index (κ1) is 14.1. The summed E-state index contributed by atoms with van der Waals surface area (Å²) in [6.45, 7) is -0.423. The molecule has 0 unspecified atom stereocenters. The van der Waals surface area contributed by atoms with E-state index in [1.807, 2.05) is 0 Å². The van der Waals surface area contributed by atoms with Crippen molar-refractivity contribution in [1.82, 2.24) is 4.98 Å². The maximum Gasteiger partial charge on any atom is 0.390 e. The number of rotatable bonds is 4. The van der Waals surface area contributed by atoms with Gasteiger partial charge >= 0.3 is 6.18 Å². The van der Waals surface area contributed by atoms with E-state index in [-0.39, 0.29) is 24.0 Å². The van der Waals surface area contributed by atoms with Gasteiger partial charge in [-0.2, -0.15) is 13.2 Å². The Labute approximate surface area is 102 Å². The zero-order valence-electron chi connectivity index (χ0n) is 9.13. The highest BCUT2D eigenvalue weighted by Crippen LogP contribution is 2.25. The molecule has 0 aliphatic heterocycles. The van der Waals surface area contributed by atoms with E-state index in [1.165, 1.54) is 24.2 Å². The van der Waals surface area contributed by atoms with Crippen molar-refractivity contribution in [1.29, 1.82) is 0 Å². The number of nitrogens with zero attached hydrogens (tertiary/aromatic N) is 2. The Morgan fingerprint density at radius 2 is 2.12 bits per heavy atom. The summed E-state index contributed by atoms with van der Waals surface area (Å²) in [4.78, 5) is 5.25. The minimum Gasteiger partial charge on any atom is -0.392 e. The van der Waals surface area contributed by atoms with E-state index in [9.17, 15) is 13.2 Å². The number of aromatic nitrogens is 1. The van der Waals surface area contributed by atoms with Gasteiger partial charge in [0.05, 0.1) is 18.1 Å². The lowest BCUT2D eigenvalue weighted by molar-refractivity contribution is -0.132. The van der Waals surface area contributed by atoms with Gasteiger partial charge in [0.1, 0.15) is 5.82 Å². The minimum atomic E-state index is -4.20. The summed E-state index contributed by atoms with van der Waals surface area (Å²) in [5.74, 6) is 0.271. The quantitative estimate of drug-likeness (QED) is 0.912. The van der Waals surface area contributed by atoms with Crippen molar-refractivity contribution in [3.63, 3.8) is 0 Å². The van der Waals surface area contributed by atoms with Crippen LogP contribution in [0, 0.1) is 0 Å². The van der Waals surface area contributed by atoms with Crippen LogP contribution >= 0.6 is 11.6 Å².